The second kappa shape index (κ2) is 18.9. The number of likely N-dealkylation sites (tertiary alicyclic amines) is 1. The fourth-order valence-corrected chi connectivity index (χ4v) is 12.6. The maximum absolute atomic E-state index is 12.6. The average molecular weight is 924 g/mol. The lowest BCUT2D eigenvalue weighted by Gasteiger charge is -2.40. The number of aromatic nitrogens is 2. The van der Waals surface area contributed by atoms with Crippen LogP contribution in [0, 0.1) is 53.8 Å². The monoisotopic (exact) mass is 923 g/mol. The van der Waals surface area contributed by atoms with Gasteiger partial charge in [-0.1, -0.05) is 16.3 Å². The summed E-state index contributed by atoms with van der Waals surface area (Å²) in [5, 5.41) is 34.2. The first kappa shape index (κ1) is 45.3. The third-order valence-electron chi connectivity index (χ3n) is 16.3. The Hall–Kier alpha value is -5.50. The van der Waals surface area contributed by atoms with E-state index in [1.807, 2.05) is 30.9 Å². The number of piperidine rings is 2. The van der Waals surface area contributed by atoms with Crippen molar-refractivity contribution in [2.45, 2.75) is 117 Å². The number of amides is 1. The highest BCUT2D eigenvalue weighted by Gasteiger charge is 2.45. The Labute approximate surface area is 401 Å². The molecular formula is C53H65ClN11O2+. The minimum Gasteiger partial charge on any atom is -0.473 e. The summed E-state index contributed by atoms with van der Waals surface area (Å²) in [6.45, 7) is 16.4. The van der Waals surface area contributed by atoms with E-state index in [1.54, 1.807) is 6.92 Å². The van der Waals surface area contributed by atoms with Crippen molar-refractivity contribution in [2.75, 3.05) is 73.6 Å². The van der Waals surface area contributed by atoms with Gasteiger partial charge in [0.15, 0.2) is 12.0 Å². The van der Waals surface area contributed by atoms with Crippen molar-refractivity contribution < 1.29 is 14.2 Å². The molecular weight excluding hydrogens is 858 g/mol. The number of benzene rings is 2. The molecule has 0 radical (unpaired) electrons. The van der Waals surface area contributed by atoms with Crippen molar-refractivity contribution in [1.82, 2.24) is 20.0 Å². The Kier molecular flexibility index (Phi) is 12.8. The molecule has 6 aliphatic heterocycles. The van der Waals surface area contributed by atoms with E-state index in [0.717, 1.165) is 156 Å². The van der Waals surface area contributed by atoms with Crippen LogP contribution < -0.4 is 19.4 Å². The highest BCUT2D eigenvalue weighted by Crippen LogP contribution is 2.47. The quantitative estimate of drug-likeness (QED) is 0.213. The molecule has 1 spiro atoms. The highest BCUT2D eigenvalue weighted by atomic mass is 35.5. The number of fused-ring (bicyclic) bond motifs is 1. The fourth-order valence-electron chi connectivity index (χ4n) is 12.4. The van der Waals surface area contributed by atoms with Gasteiger partial charge in [0, 0.05) is 93.8 Å². The number of nitrogens with zero attached hydrogens (tertiary/aromatic N) is 11. The molecule has 0 unspecified atom stereocenters. The number of hydrogen-bond acceptors (Lipinski definition) is 11. The molecule has 1 saturated carbocycles. The summed E-state index contributed by atoms with van der Waals surface area (Å²) in [7, 11) is 0. The van der Waals surface area contributed by atoms with E-state index in [9.17, 15) is 15.3 Å². The zero-order valence-electron chi connectivity index (χ0n) is 39.8. The number of hydrazone groups is 1. The van der Waals surface area contributed by atoms with Crippen LogP contribution in [0.25, 0.3) is 0 Å². The third-order valence-corrected chi connectivity index (χ3v) is 16.8. The fraction of sp³-hybridized carbons (Fsp3) is 0.566. The molecule has 14 heteroatoms. The maximum Gasteiger partial charge on any atom is 0.233 e. The minimum absolute atomic E-state index is 0.107. The number of halogens is 1. The molecule has 1 amide bonds. The summed E-state index contributed by atoms with van der Waals surface area (Å²) in [5.74, 6) is 3.79. The lowest BCUT2D eigenvalue weighted by molar-refractivity contribution is -0.479. The number of hydrogen-bond donors (Lipinski definition) is 0. The van der Waals surface area contributed by atoms with Crippen molar-refractivity contribution >= 4 is 46.8 Å². The number of carbonyl (C=O) groups is 1. The smallest absolute Gasteiger partial charge is 0.233 e. The molecule has 1 atom stereocenters. The molecule has 10 rings (SSSR count). The van der Waals surface area contributed by atoms with Gasteiger partial charge in [0.05, 0.1) is 40.8 Å². The SMILES string of the molecule is CC(=O)N1CCC2=C(C1)C(N1CCCc3cc(C#N)c(C)cc31)=N/[N+]2=C\C1CCC(CN2CCC(Oc3ccc(N4CCC5(CC4)C[C@H](C)N(c4ccc(C#N)c(Cl)c4C)C5)nn3)CC2)CC1. The number of anilines is 3. The Morgan fingerprint density at radius 3 is 2.42 bits per heavy atom. The van der Waals surface area contributed by atoms with E-state index >= 15 is 0 Å². The first-order valence-corrected chi connectivity index (χ1v) is 25.3. The van der Waals surface area contributed by atoms with Crippen molar-refractivity contribution in [3.63, 3.8) is 0 Å². The standard InChI is InChI=1S/C53H65ClN11O2/c1-35-26-48-41(27-43(35)30-56)6-5-20-63(48)52-45-33-62(38(4)66)23-17-47(45)65(59-52)32-40-9-7-39(8-10-40)31-60-21-15-44(16-22-60)67-50-14-13-49(57-58-50)61-24-18-53(19-25-61)28-36(2)64(34-53)46-12-11-42(29-55)51(54)37(46)3/h11-14,26-27,32,36,39-40,44H,5-10,15-25,28,31,33-34H2,1-4H3/q+1/b65-32-/t36-,39?,40?/m0/s1. The average Bonchev–Trinajstić information content (AvgIpc) is 3.86. The Balaban J connectivity index is 0.690. The summed E-state index contributed by atoms with van der Waals surface area (Å²) in [6.07, 6.45) is 15.4. The molecule has 1 aliphatic carbocycles. The van der Waals surface area contributed by atoms with E-state index in [-0.39, 0.29) is 17.4 Å². The predicted octanol–water partition coefficient (Wildman–Crippen LogP) is 8.39. The molecule has 350 valence electrons. The number of aryl methyl sites for hydroxylation is 2. The molecule has 2 aromatic carbocycles. The number of rotatable bonds is 7. The molecule has 7 aliphatic rings. The van der Waals surface area contributed by atoms with E-state index in [2.05, 4.69) is 84.0 Å². The topological polar surface area (TPSA) is 131 Å². The zero-order valence-corrected chi connectivity index (χ0v) is 40.6. The normalized spacial score (nSPS) is 25.0. The van der Waals surface area contributed by atoms with Gasteiger partial charge in [-0.15, -0.1) is 10.2 Å². The van der Waals surface area contributed by atoms with Crippen molar-refractivity contribution in [3.05, 3.63) is 80.5 Å². The van der Waals surface area contributed by atoms with Crippen molar-refractivity contribution in [1.29, 1.82) is 10.5 Å². The summed E-state index contributed by atoms with van der Waals surface area (Å²) >= 11 is 6.57. The van der Waals surface area contributed by atoms with Crippen LogP contribution in [0.3, 0.4) is 0 Å². The van der Waals surface area contributed by atoms with Gasteiger partial charge in [0.25, 0.3) is 0 Å². The van der Waals surface area contributed by atoms with Crippen LogP contribution in [-0.4, -0.2) is 114 Å². The molecule has 67 heavy (non-hydrogen) atoms. The Bertz CT molecular complexity index is 2570. The van der Waals surface area contributed by atoms with Crippen LogP contribution in [-0.2, 0) is 11.2 Å². The van der Waals surface area contributed by atoms with E-state index < -0.39 is 0 Å². The van der Waals surface area contributed by atoms with Crippen LogP contribution in [0.5, 0.6) is 5.88 Å². The second-order valence-electron chi connectivity index (χ2n) is 20.7. The zero-order chi connectivity index (χ0) is 46.4. The molecule has 0 bridgehead atoms. The van der Waals surface area contributed by atoms with Gasteiger partial charge in [0.2, 0.25) is 23.3 Å². The lowest BCUT2D eigenvalue weighted by Crippen LogP contribution is -2.42. The number of ether oxygens (including phenoxy) is 1. The summed E-state index contributed by atoms with van der Waals surface area (Å²) in [5.41, 5.74) is 9.42. The van der Waals surface area contributed by atoms with Crippen molar-refractivity contribution in [3.8, 4) is 18.0 Å². The lowest BCUT2D eigenvalue weighted by atomic mass is 9.77. The van der Waals surface area contributed by atoms with Gasteiger partial charge in [-0.05, 0) is 150 Å². The van der Waals surface area contributed by atoms with Gasteiger partial charge >= 0.3 is 0 Å². The van der Waals surface area contributed by atoms with Crippen LogP contribution in [0.4, 0.5) is 17.2 Å². The van der Waals surface area contributed by atoms with Crippen LogP contribution in [0.2, 0.25) is 5.02 Å². The maximum atomic E-state index is 12.6. The van der Waals surface area contributed by atoms with Crippen LogP contribution >= 0.6 is 11.6 Å². The molecule has 1 aromatic heterocycles. The molecule has 7 heterocycles. The van der Waals surface area contributed by atoms with E-state index in [4.69, 9.17) is 21.4 Å². The van der Waals surface area contributed by atoms with Crippen LogP contribution in [0.15, 0.2) is 52.8 Å². The predicted molar refractivity (Wildman–Crippen MR) is 263 cm³/mol. The number of carbonyl (C=O) groups excluding carboxylic acids is 1. The van der Waals surface area contributed by atoms with E-state index in [0.29, 0.717) is 40.9 Å². The Morgan fingerprint density at radius 1 is 0.925 bits per heavy atom. The highest BCUT2D eigenvalue weighted by molar-refractivity contribution is 6.32. The summed E-state index contributed by atoms with van der Waals surface area (Å²) in [4.78, 5) is 24.4. The molecule has 3 aromatic rings. The van der Waals surface area contributed by atoms with Gasteiger partial charge in [-0.2, -0.15) is 10.5 Å². The van der Waals surface area contributed by atoms with Crippen LogP contribution in [0.1, 0.15) is 112 Å². The second-order valence-corrected chi connectivity index (χ2v) is 21.1. The molecule has 3 saturated heterocycles. The van der Waals surface area contributed by atoms with Gasteiger partial charge < -0.3 is 29.2 Å². The van der Waals surface area contributed by atoms with Gasteiger partial charge in [-0.3, -0.25) is 4.79 Å². The summed E-state index contributed by atoms with van der Waals surface area (Å²) in [6, 6.07) is 17.2. The van der Waals surface area contributed by atoms with Gasteiger partial charge in [0.1, 0.15) is 12.2 Å². The number of amidine groups is 1. The first-order chi connectivity index (χ1) is 32.5. The Morgan fingerprint density at radius 2 is 1.70 bits per heavy atom. The van der Waals surface area contributed by atoms with Crippen molar-refractivity contribution in [2.24, 2.45) is 22.4 Å². The number of nitriles is 2. The molecule has 13 nitrogen and oxygen atoms in total. The minimum atomic E-state index is 0.107. The summed E-state index contributed by atoms with van der Waals surface area (Å²) < 4.78 is 8.60. The van der Waals surface area contributed by atoms with Gasteiger partial charge in [-0.25, -0.2) is 0 Å². The van der Waals surface area contributed by atoms with E-state index in [1.165, 1.54) is 29.7 Å². The largest absolute Gasteiger partial charge is 0.473 e. The third kappa shape index (κ3) is 9.14. The molecule has 0 N–H and O–H groups in total. The first-order valence-electron chi connectivity index (χ1n) is 24.9. The molecule has 4 fully saturated rings.